The summed E-state index contributed by atoms with van der Waals surface area (Å²) in [5.74, 6) is -1.00. The number of hydrogen-bond acceptors (Lipinski definition) is 6. The third-order valence-electron chi connectivity index (χ3n) is 4.02. The van der Waals surface area contributed by atoms with E-state index in [0.717, 1.165) is 16.3 Å². The summed E-state index contributed by atoms with van der Waals surface area (Å²) >= 11 is 1.26. The Labute approximate surface area is 170 Å². The minimum Gasteiger partial charge on any atom is -0.266 e. The Morgan fingerprint density at radius 3 is 2.31 bits per heavy atom. The first-order chi connectivity index (χ1) is 14.1. The summed E-state index contributed by atoms with van der Waals surface area (Å²) in [5.41, 5.74) is 7.10. The van der Waals surface area contributed by atoms with E-state index in [1.165, 1.54) is 22.3 Å². The molecular weight excluding hydrogens is 388 g/mol. The fourth-order valence-corrected chi connectivity index (χ4v) is 3.57. The second-order valence-electron chi connectivity index (χ2n) is 6.06. The van der Waals surface area contributed by atoms with Gasteiger partial charge in [0.25, 0.3) is 11.8 Å². The number of nitrogens with zero attached hydrogens (tertiary/aromatic N) is 4. The van der Waals surface area contributed by atoms with Crippen molar-refractivity contribution in [3.05, 3.63) is 83.1 Å². The summed E-state index contributed by atoms with van der Waals surface area (Å²) in [6, 6.07) is 18.8. The van der Waals surface area contributed by atoms with E-state index in [-0.39, 0.29) is 5.69 Å². The third-order valence-corrected chi connectivity index (χ3v) is 5.23. The minimum absolute atomic E-state index is 0.0835. The van der Waals surface area contributed by atoms with E-state index in [0.29, 0.717) is 10.6 Å². The van der Waals surface area contributed by atoms with Crippen molar-refractivity contribution in [2.24, 2.45) is 0 Å². The number of para-hydroxylation sites is 1. The van der Waals surface area contributed by atoms with Gasteiger partial charge >= 0.3 is 0 Å². The standard InChI is InChI=1S/C20H16N6O2S/c1-13-17(29-20(22-13)14-8-4-2-5-9-14)19(28)24-23-18(27)16-12-21-26(25-16)15-10-6-3-7-11-15/h2-12H,1H3,(H,23,27)(H,24,28). The molecule has 0 aliphatic rings. The first-order valence-corrected chi connectivity index (χ1v) is 9.55. The van der Waals surface area contributed by atoms with Gasteiger partial charge in [0.1, 0.15) is 9.88 Å². The quantitative estimate of drug-likeness (QED) is 0.509. The molecule has 0 unspecified atom stereocenters. The summed E-state index contributed by atoms with van der Waals surface area (Å²) in [5, 5.41) is 8.93. The molecule has 0 spiro atoms. The van der Waals surface area contributed by atoms with E-state index < -0.39 is 11.8 Å². The van der Waals surface area contributed by atoms with Gasteiger partial charge in [-0.2, -0.15) is 9.90 Å². The molecule has 0 saturated heterocycles. The molecule has 4 aromatic rings. The number of thiazole rings is 1. The summed E-state index contributed by atoms with van der Waals surface area (Å²) < 4.78 is 0. The van der Waals surface area contributed by atoms with Gasteiger partial charge in [-0.3, -0.25) is 20.4 Å². The zero-order valence-electron chi connectivity index (χ0n) is 15.4. The van der Waals surface area contributed by atoms with Crippen molar-refractivity contribution in [3.63, 3.8) is 0 Å². The first-order valence-electron chi connectivity index (χ1n) is 8.73. The van der Waals surface area contributed by atoms with Crippen LogP contribution in [0.5, 0.6) is 0 Å². The Morgan fingerprint density at radius 1 is 0.931 bits per heavy atom. The number of rotatable bonds is 4. The Hall–Kier alpha value is -3.85. The van der Waals surface area contributed by atoms with E-state index in [9.17, 15) is 9.59 Å². The molecule has 0 saturated carbocycles. The van der Waals surface area contributed by atoms with Gasteiger partial charge in [0.15, 0.2) is 5.69 Å². The van der Waals surface area contributed by atoms with Crippen molar-refractivity contribution in [1.29, 1.82) is 0 Å². The molecule has 0 atom stereocenters. The second kappa shape index (κ2) is 8.03. The molecule has 0 radical (unpaired) electrons. The molecule has 0 aliphatic carbocycles. The minimum atomic E-state index is -0.564. The van der Waals surface area contributed by atoms with Crippen LogP contribution in [0.4, 0.5) is 0 Å². The van der Waals surface area contributed by atoms with Gasteiger partial charge in [-0.05, 0) is 19.1 Å². The van der Waals surface area contributed by atoms with Crippen LogP contribution in [-0.2, 0) is 0 Å². The molecule has 0 aliphatic heterocycles. The predicted octanol–water partition coefficient (Wildman–Crippen LogP) is 2.77. The molecule has 2 amide bonds. The van der Waals surface area contributed by atoms with Gasteiger partial charge in [0, 0.05) is 5.56 Å². The Morgan fingerprint density at radius 2 is 1.59 bits per heavy atom. The molecule has 2 heterocycles. The van der Waals surface area contributed by atoms with Gasteiger partial charge in [-0.25, -0.2) is 4.98 Å². The number of hydrazine groups is 1. The van der Waals surface area contributed by atoms with E-state index in [2.05, 4.69) is 26.0 Å². The van der Waals surface area contributed by atoms with Gasteiger partial charge in [-0.1, -0.05) is 48.5 Å². The fourth-order valence-electron chi connectivity index (χ4n) is 2.60. The lowest BCUT2D eigenvalue weighted by atomic mass is 10.2. The summed E-state index contributed by atoms with van der Waals surface area (Å²) in [6.45, 7) is 1.76. The number of hydrogen-bond donors (Lipinski definition) is 2. The molecule has 29 heavy (non-hydrogen) atoms. The number of nitrogens with one attached hydrogen (secondary N) is 2. The molecule has 2 aromatic heterocycles. The normalized spacial score (nSPS) is 10.5. The number of carbonyl (C=O) groups excluding carboxylic acids is 2. The molecule has 2 N–H and O–H groups in total. The van der Waals surface area contributed by atoms with Gasteiger partial charge in [0.2, 0.25) is 0 Å². The Bertz CT molecular complexity index is 1150. The molecule has 0 bridgehead atoms. The lowest BCUT2D eigenvalue weighted by Crippen LogP contribution is -2.41. The number of carbonyl (C=O) groups is 2. The lowest BCUT2D eigenvalue weighted by Gasteiger charge is -2.04. The predicted molar refractivity (Wildman–Crippen MR) is 109 cm³/mol. The molecule has 144 valence electrons. The van der Waals surface area contributed by atoms with Crippen LogP contribution in [0.15, 0.2) is 66.9 Å². The van der Waals surface area contributed by atoms with Crippen LogP contribution in [-0.4, -0.2) is 31.8 Å². The van der Waals surface area contributed by atoms with Crippen molar-refractivity contribution in [2.75, 3.05) is 0 Å². The summed E-state index contributed by atoms with van der Waals surface area (Å²) in [7, 11) is 0. The van der Waals surface area contributed by atoms with Crippen molar-refractivity contribution < 1.29 is 9.59 Å². The number of benzene rings is 2. The average Bonchev–Trinajstić information content (AvgIpc) is 3.40. The largest absolute Gasteiger partial charge is 0.291 e. The lowest BCUT2D eigenvalue weighted by molar-refractivity contribution is 0.0845. The molecule has 2 aromatic carbocycles. The van der Waals surface area contributed by atoms with Crippen LogP contribution in [0.1, 0.15) is 25.9 Å². The van der Waals surface area contributed by atoms with Crippen LogP contribution in [0.3, 0.4) is 0 Å². The van der Waals surface area contributed by atoms with Crippen LogP contribution >= 0.6 is 11.3 Å². The highest BCUT2D eigenvalue weighted by molar-refractivity contribution is 7.17. The monoisotopic (exact) mass is 404 g/mol. The summed E-state index contributed by atoms with van der Waals surface area (Å²) in [6.07, 6.45) is 1.33. The van der Waals surface area contributed by atoms with Crippen LogP contribution in [0.2, 0.25) is 0 Å². The van der Waals surface area contributed by atoms with E-state index in [1.807, 2.05) is 60.7 Å². The summed E-state index contributed by atoms with van der Waals surface area (Å²) in [4.78, 5) is 31.0. The molecule has 8 nitrogen and oxygen atoms in total. The highest BCUT2D eigenvalue weighted by Crippen LogP contribution is 2.27. The first kappa shape index (κ1) is 18.5. The van der Waals surface area contributed by atoms with Gasteiger partial charge in [-0.15, -0.1) is 16.4 Å². The second-order valence-corrected chi connectivity index (χ2v) is 7.06. The topological polar surface area (TPSA) is 102 Å². The average molecular weight is 404 g/mol. The van der Waals surface area contributed by atoms with Gasteiger partial charge < -0.3 is 0 Å². The van der Waals surface area contributed by atoms with Crippen LogP contribution in [0, 0.1) is 6.92 Å². The van der Waals surface area contributed by atoms with Crippen molar-refractivity contribution >= 4 is 23.2 Å². The molecular formula is C20H16N6O2S. The number of aryl methyl sites for hydroxylation is 1. The zero-order chi connectivity index (χ0) is 20.2. The Kier molecular flexibility index (Phi) is 5.12. The van der Waals surface area contributed by atoms with Crippen molar-refractivity contribution in [2.45, 2.75) is 6.92 Å². The van der Waals surface area contributed by atoms with Gasteiger partial charge in [0.05, 0.1) is 17.6 Å². The highest BCUT2D eigenvalue weighted by atomic mass is 32.1. The van der Waals surface area contributed by atoms with E-state index >= 15 is 0 Å². The van der Waals surface area contributed by atoms with Crippen LogP contribution < -0.4 is 10.9 Å². The fraction of sp³-hybridized carbons (Fsp3) is 0.0500. The van der Waals surface area contributed by atoms with E-state index in [4.69, 9.17) is 0 Å². The molecule has 9 heteroatoms. The van der Waals surface area contributed by atoms with Crippen molar-refractivity contribution in [1.82, 2.24) is 30.8 Å². The maximum Gasteiger partial charge on any atom is 0.291 e. The number of aromatic nitrogens is 4. The molecule has 0 fully saturated rings. The Balaban J connectivity index is 1.42. The third kappa shape index (κ3) is 4.04. The van der Waals surface area contributed by atoms with E-state index in [1.54, 1.807) is 6.92 Å². The highest BCUT2D eigenvalue weighted by Gasteiger charge is 2.18. The van der Waals surface area contributed by atoms with Crippen LogP contribution in [0.25, 0.3) is 16.3 Å². The molecule has 4 rings (SSSR count). The smallest absolute Gasteiger partial charge is 0.266 e. The maximum atomic E-state index is 12.5. The maximum absolute atomic E-state index is 12.5. The zero-order valence-corrected chi connectivity index (χ0v) is 16.2. The SMILES string of the molecule is Cc1nc(-c2ccccc2)sc1C(=O)NNC(=O)c1cnn(-c2ccccc2)n1. The number of amides is 2. The van der Waals surface area contributed by atoms with Crippen molar-refractivity contribution in [3.8, 4) is 16.3 Å².